The molecule has 2 atom stereocenters. The van der Waals surface area contributed by atoms with E-state index in [2.05, 4.69) is 45.4 Å². The first-order chi connectivity index (χ1) is 7.62. The van der Waals surface area contributed by atoms with Crippen LogP contribution in [0, 0.1) is 0 Å². The van der Waals surface area contributed by atoms with E-state index < -0.39 is 18.4 Å². The van der Waals surface area contributed by atoms with Crippen molar-refractivity contribution >= 4 is 24.4 Å². The van der Waals surface area contributed by atoms with Crippen LogP contribution in [0.4, 0.5) is 4.79 Å². The van der Waals surface area contributed by atoms with Crippen LogP contribution in [0.3, 0.4) is 0 Å². The van der Waals surface area contributed by atoms with Crippen molar-refractivity contribution in [3.05, 3.63) is 0 Å². The Morgan fingerprint density at radius 1 is 1.18 bits per heavy atom. The predicted molar refractivity (Wildman–Crippen MR) is 73.9 cm³/mol. The van der Waals surface area contributed by atoms with Crippen LogP contribution in [0.5, 0.6) is 0 Å². The summed E-state index contributed by atoms with van der Waals surface area (Å²) in [5.41, 5.74) is -0.0284. The number of urea groups is 1. The maximum absolute atomic E-state index is 12.6. The molecule has 0 aromatic rings. The zero-order valence-electron chi connectivity index (χ0n) is 12.1. The molecule has 0 saturated carbocycles. The summed E-state index contributed by atoms with van der Waals surface area (Å²) in [5, 5.41) is 0. The van der Waals surface area contributed by atoms with Crippen molar-refractivity contribution in [1.82, 2.24) is 9.80 Å². The van der Waals surface area contributed by atoms with E-state index in [4.69, 9.17) is 0 Å². The maximum atomic E-state index is 12.6. The predicted octanol–water partition coefficient (Wildman–Crippen LogP) is 2.93. The van der Waals surface area contributed by atoms with Crippen molar-refractivity contribution in [1.29, 1.82) is 0 Å². The number of hydrogen-bond acceptors (Lipinski definition) is 1. The van der Waals surface area contributed by atoms with E-state index in [1.807, 2.05) is 0 Å². The minimum absolute atomic E-state index is 0.0284. The van der Waals surface area contributed by atoms with Crippen LogP contribution in [-0.2, 0) is 0 Å². The number of hydrogen-bond donors (Lipinski definition) is 0. The van der Waals surface area contributed by atoms with Crippen molar-refractivity contribution in [2.75, 3.05) is 6.54 Å². The topological polar surface area (TPSA) is 23.6 Å². The summed E-state index contributed by atoms with van der Waals surface area (Å²) < 4.78 is 0.620. The molecule has 2 rings (SSSR count). The van der Waals surface area contributed by atoms with Gasteiger partial charge in [0.05, 0.1) is 0 Å². The summed E-state index contributed by atoms with van der Waals surface area (Å²) in [4.78, 5) is 24.3. The molecule has 2 amide bonds. The fraction of sp³-hybridized carbons (Fsp3) is 0.923. The number of carbonyl (C=O) groups is 1. The van der Waals surface area contributed by atoms with Crippen LogP contribution >= 0.6 is 0 Å². The molecular weight excluding hydrogens is 319 g/mol. The first kappa shape index (κ1) is 13.5. The molecule has 2 aliphatic heterocycles. The average Bonchev–Trinajstić information content (AvgIpc) is 2.63. The van der Waals surface area contributed by atoms with Crippen LogP contribution in [0.15, 0.2) is 0 Å². The van der Waals surface area contributed by atoms with Gasteiger partial charge in [-0.1, -0.05) is 0 Å². The van der Waals surface area contributed by atoms with Crippen LogP contribution < -0.4 is 0 Å². The number of rotatable bonds is 1. The molecule has 4 heteroatoms. The molecule has 17 heavy (non-hydrogen) atoms. The van der Waals surface area contributed by atoms with E-state index in [0.717, 1.165) is 6.54 Å². The standard InChI is InChI=1S/C10H17N2O.3CH3.Sn/c1-10(2,3)12-7-8-5-4-6-11(8)9(12)13;;;;/h6,8H,4-5,7H2,1-3H3;3*1H3;/t8-;;;;/m0..../s1. The molecule has 2 saturated heterocycles. The van der Waals surface area contributed by atoms with Gasteiger partial charge < -0.3 is 0 Å². The molecule has 3 nitrogen and oxygen atoms in total. The molecule has 0 unspecified atom stereocenters. The third kappa shape index (κ3) is 2.31. The summed E-state index contributed by atoms with van der Waals surface area (Å²) >= 11 is -2.01. The first-order valence-electron chi connectivity index (χ1n) is 6.72. The molecule has 0 spiro atoms. The van der Waals surface area contributed by atoms with Gasteiger partial charge in [0.25, 0.3) is 0 Å². The average molecular weight is 345 g/mol. The van der Waals surface area contributed by atoms with Gasteiger partial charge in [0.1, 0.15) is 0 Å². The summed E-state index contributed by atoms with van der Waals surface area (Å²) in [6, 6.07) is 0.805. The summed E-state index contributed by atoms with van der Waals surface area (Å²) in [5.74, 6) is 0. The van der Waals surface area contributed by atoms with Gasteiger partial charge in [0.2, 0.25) is 0 Å². The van der Waals surface area contributed by atoms with Crippen LogP contribution in [0.2, 0.25) is 14.8 Å². The number of nitrogens with zero attached hydrogens (tertiary/aromatic N) is 2. The Hall–Kier alpha value is 0.0687. The Morgan fingerprint density at radius 3 is 2.24 bits per heavy atom. The van der Waals surface area contributed by atoms with Crippen molar-refractivity contribution in [2.45, 2.75) is 64.1 Å². The molecular formula is C13H26N2OSn. The van der Waals surface area contributed by atoms with Gasteiger partial charge in [0.15, 0.2) is 0 Å². The van der Waals surface area contributed by atoms with Gasteiger partial charge in [-0.3, -0.25) is 0 Å². The Morgan fingerprint density at radius 2 is 1.76 bits per heavy atom. The second-order valence-corrected chi connectivity index (χ2v) is 23.0. The van der Waals surface area contributed by atoms with Gasteiger partial charge >= 0.3 is 110 Å². The van der Waals surface area contributed by atoms with Crippen LogP contribution in [-0.4, -0.2) is 56.4 Å². The molecule has 0 bridgehead atoms. The van der Waals surface area contributed by atoms with E-state index in [0.29, 0.717) is 16.1 Å². The first-order valence-corrected chi connectivity index (χ1v) is 16.9. The van der Waals surface area contributed by atoms with Crippen molar-refractivity contribution in [3.63, 3.8) is 0 Å². The SMILES string of the molecule is CC(C)(C)N1C[C@@H]2CC[C@H]([Sn]([CH3])([CH3])[CH3])N2C1=O. The van der Waals surface area contributed by atoms with Gasteiger partial charge in [-0.2, -0.15) is 0 Å². The molecule has 0 radical (unpaired) electrons. The molecule has 98 valence electrons. The van der Waals surface area contributed by atoms with Gasteiger partial charge in [0, 0.05) is 0 Å². The molecule has 2 fully saturated rings. The molecule has 0 N–H and O–H groups in total. The van der Waals surface area contributed by atoms with E-state index in [9.17, 15) is 4.79 Å². The quantitative estimate of drug-likeness (QED) is 0.671. The van der Waals surface area contributed by atoms with Gasteiger partial charge in [-0.25, -0.2) is 0 Å². The third-order valence-electron chi connectivity index (χ3n) is 4.16. The fourth-order valence-corrected chi connectivity index (χ4v) is 9.44. The zero-order chi connectivity index (χ0) is 13.0. The molecule has 2 aliphatic rings. The van der Waals surface area contributed by atoms with Crippen molar-refractivity contribution < 1.29 is 4.79 Å². The molecule has 0 aromatic heterocycles. The van der Waals surface area contributed by atoms with E-state index >= 15 is 0 Å². The molecule has 0 aromatic carbocycles. The van der Waals surface area contributed by atoms with E-state index in [1.54, 1.807) is 0 Å². The zero-order valence-corrected chi connectivity index (χ0v) is 14.9. The van der Waals surface area contributed by atoms with E-state index in [1.165, 1.54) is 12.8 Å². The number of amides is 2. The summed E-state index contributed by atoms with van der Waals surface area (Å²) in [6.07, 6.45) is 2.48. The molecule has 0 aliphatic carbocycles. The van der Waals surface area contributed by atoms with Crippen LogP contribution in [0.1, 0.15) is 33.6 Å². The monoisotopic (exact) mass is 346 g/mol. The Labute approximate surface area is 109 Å². The third-order valence-corrected chi connectivity index (χ3v) is 11.5. The second kappa shape index (κ2) is 4.04. The van der Waals surface area contributed by atoms with Gasteiger partial charge in [-0.05, 0) is 0 Å². The normalized spacial score (nSPS) is 30.1. The number of carbonyl (C=O) groups excluding carboxylic acids is 1. The number of fused-ring (bicyclic) bond motifs is 1. The Kier molecular flexibility index (Phi) is 3.20. The fourth-order valence-electron chi connectivity index (χ4n) is 3.19. The van der Waals surface area contributed by atoms with Crippen molar-refractivity contribution in [3.8, 4) is 0 Å². The molecule has 2 heterocycles. The van der Waals surface area contributed by atoms with Gasteiger partial charge in [-0.15, -0.1) is 0 Å². The Bertz CT molecular complexity index is 329. The summed E-state index contributed by atoms with van der Waals surface area (Å²) in [7, 11) is 0. The summed E-state index contributed by atoms with van der Waals surface area (Å²) in [6.45, 7) is 7.37. The van der Waals surface area contributed by atoms with Crippen LogP contribution in [0.25, 0.3) is 0 Å². The van der Waals surface area contributed by atoms with E-state index in [-0.39, 0.29) is 5.54 Å². The second-order valence-electron chi connectivity index (χ2n) is 7.58. The minimum atomic E-state index is -2.01. The Balaban J connectivity index is 2.22. The van der Waals surface area contributed by atoms with Crippen molar-refractivity contribution in [2.24, 2.45) is 0 Å².